The lowest BCUT2D eigenvalue weighted by molar-refractivity contribution is 0.656. The van der Waals surface area contributed by atoms with Gasteiger partial charge in [-0.3, -0.25) is 0 Å². The maximum Gasteiger partial charge on any atom is 0.0486 e. The molecule has 0 fully saturated rings. The van der Waals surface area contributed by atoms with Crippen molar-refractivity contribution in [3.8, 4) is 0 Å². The highest BCUT2D eigenvalue weighted by molar-refractivity contribution is 5.84. The largest absolute Gasteiger partial charge is 0.344 e. The second-order valence-electron chi connectivity index (χ2n) is 4.21. The molecule has 92 valence electrons. The maximum absolute atomic E-state index is 5.79. The van der Waals surface area contributed by atoms with Crippen LogP contribution in [0.15, 0.2) is 24.3 Å². The Labute approximate surface area is 103 Å². The van der Waals surface area contributed by atoms with E-state index < -0.39 is 0 Å². The summed E-state index contributed by atoms with van der Waals surface area (Å²) >= 11 is 0. The first kappa shape index (κ1) is 12.1. The molecule has 2 rings (SSSR count). The molecule has 0 unspecified atom stereocenters. The molecule has 0 amide bonds. The normalized spacial score (nSPS) is 11.2. The van der Waals surface area contributed by atoms with Crippen molar-refractivity contribution in [3.05, 3.63) is 35.5 Å². The molecule has 1 aromatic heterocycles. The lowest BCUT2D eigenvalue weighted by atomic mass is 10.1. The van der Waals surface area contributed by atoms with Gasteiger partial charge in [0, 0.05) is 36.2 Å². The molecule has 1 heterocycles. The van der Waals surface area contributed by atoms with Crippen LogP contribution in [-0.2, 0) is 19.6 Å². The summed E-state index contributed by atoms with van der Waals surface area (Å²) in [4.78, 5) is 0. The molecule has 0 atom stereocenters. The van der Waals surface area contributed by atoms with E-state index in [0.717, 1.165) is 19.6 Å². The van der Waals surface area contributed by atoms with Gasteiger partial charge in [-0.1, -0.05) is 19.1 Å². The van der Waals surface area contributed by atoms with Crippen LogP contribution in [-0.4, -0.2) is 11.1 Å². The van der Waals surface area contributed by atoms with E-state index in [0.29, 0.717) is 6.54 Å². The minimum atomic E-state index is 0.603. The number of nitrogens with one attached hydrogen (secondary N) is 1. The van der Waals surface area contributed by atoms with Crippen LogP contribution in [0.2, 0.25) is 0 Å². The highest BCUT2D eigenvalue weighted by atomic mass is 15.0. The predicted molar refractivity (Wildman–Crippen MR) is 72.9 cm³/mol. The van der Waals surface area contributed by atoms with Crippen molar-refractivity contribution in [1.82, 2.24) is 9.88 Å². The summed E-state index contributed by atoms with van der Waals surface area (Å²) in [5.74, 6) is 0. The fourth-order valence-electron chi connectivity index (χ4n) is 2.35. The molecule has 1 aromatic carbocycles. The standard InChI is InChI=1S/C14H21N3/c1-3-16-10-12-8-13-11(9-15)6-5-7-14(13)17(12)4-2/h5-8,16H,3-4,9-10,15H2,1-2H3. The second-order valence-corrected chi connectivity index (χ2v) is 4.21. The fourth-order valence-corrected chi connectivity index (χ4v) is 2.35. The molecule has 0 saturated heterocycles. The first-order valence-electron chi connectivity index (χ1n) is 6.32. The number of rotatable bonds is 5. The van der Waals surface area contributed by atoms with Crippen molar-refractivity contribution in [1.29, 1.82) is 0 Å². The van der Waals surface area contributed by atoms with E-state index in [9.17, 15) is 0 Å². The lowest BCUT2D eigenvalue weighted by Gasteiger charge is -2.08. The van der Waals surface area contributed by atoms with Crippen molar-refractivity contribution < 1.29 is 0 Å². The third-order valence-corrected chi connectivity index (χ3v) is 3.21. The van der Waals surface area contributed by atoms with Gasteiger partial charge in [-0.25, -0.2) is 0 Å². The van der Waals surface area contributed by atoms with Crippen molar-refractivity contribution in [2.45, 2.75) is 33.5 Å². The molecule has 0 aliphatic carbocycles. The van der Waals surface area contributed by atoms with Crippen LogP contribution in [0.3, 0.4) is 0 Å². The van der Waals surface area contributed by atoms with Crippen molar-refractivity contribution in [2.75, 3.05) is 6.54 Å². The Morgan fingerprint density at radius 1 is 1.29 bits per heavy atom. The van der Waals surface area contributed by atoms with Crippen molar-refractivity contribution in [3.63, 3.8) is 0 Å². The number of aryl methyl sites for hydroxylation is 1. The Balaban J connectivity index is 2.53. The molecular formula is C14H21N3. The zero-order valence-corrected chi connectivity index (χ0v) is 10.7. The topological polar surface area (TPSA) is 43.0 Å². The number of hydrogen-bond acceptors (Lipinski definition) is 2. The number of hydrogen-bond donors (Lipinski definition) is 2. The maximum atomic E-state index is 5.79. The molecule has 3 nitrogen and oxygen atoms in total. The fraction of sp³-hybridized carbons (Fsp3) is 0.429. The molecule has 0 aliphatic rings. The van der Waals surface area contributed by atoms with Crippen LogP contribution >= 0.6 is 0 Å². The van der Waals surface area contributed by atoms with Gasteiger partial charge in [0.05, 0.1) is 0 Å². The highest BCUT2D eigenvalue weighted by Crippen LogP contribution is 2.23. The summed E-state index contributed by atoms with van der Waals surface area (Å²) < 4.78 is 2.36. The summed E-state index contributed by atoms with van der Waals surface area (Å²) in [6, 6.07) is 8.64. The Kier molecular flexibility index (Phi) is 3.82. The van der Waals surface area contributed by atoms with Crippen LogP contribution in [0.5, 0.6) is 0 Å². The third-order valence-electron chi connectivity index (χ3n) is 3.21. The van der Waals surface area contributed by atoms with Gasteiger partial charge < -0.3 is 15.6 Å². The molecule has 0 radical (unpaired) electrons. The number of aromatic nitrogens is 1. The van der Waals surface area contributed by atoms with Gasteiger partial charge in [-0.05, 0) is 31.2 Å². The van der Waals surface area contributed by atoms with Crippen LogP contribution in [0.1, 0.15) is 25.1 Å². The first-order valence-corrected chi connectivity index (χ1v) is 6.32. The van der Waals surface area contributed by atoms with Gasteiger partial charge in [0.1, 0.15) is 0 Å². The van der Waals surface area contributed by atoms with Crippen LogP contribution < -0.4 is 11.1 Å². The molecule has 0 saturated carbocycles. The molecule has 3 heteroatoms. The summed E-state index contributed by atoms with van der Waals surface area (Å²) in [6.45, 7) is 7.83. The van der Waals surface area contributed by atoms with Gasteiger partial charge in [0.2, 0.25) is 0 Å². The zero-order valence-electron chi connectivity index (χ0n) is 10.7. The first-order chi connectivity index (χ1) is 8.31. The monoisotopic (exact) mass is 231 g/mol. The Morgan fingerprint density at radius 2 is 2.12 bits per heavy atom. The summed E-state index contributed by atoms with van der Waals surface area (Å²) in [7, 11) is 0. The molecule has 0 bridgehead atoms. The molecule has 0 aliphatic heterocycles. The van der Waals surface area contributed by atoms with Gasteiger partial charge in [0.15, 0.2) is 0 Å². The number of nitrogens with two attached hydrogens (primary N) is 1. The molecule has 2 aromatic rings. The molecule has 0 spiro atoms. The Bertz CT molecular complexity index is 499. The zero-order chi connectivity index (χ0) is 12.3. The van der Waals surface area contributed by atoms with E-state index in [2.05, 4.69) is 48.0 Å². The molecule has 3 N–H and O–H groups in total. The highest BCUT2D eigenvalue weighted by Gasteiger charge is 2.09. The average molecular weight is 231 g/mol. The SMILES string of the molecule is CCNCc1cc2c(CN)cccc2n1CC. The number of nitrogens with zero attached hydrogens (tertiary/aromatic N) is 1. The summed E-state index contributed by atoms with van der Waals surface area (Å²) in [5, 5.41) is 4.68. The van der Waals surface area contributed by atoms with Gasteiger partial charge in [0.25, 0.3) is 0 Å². The van der Waals surface area contributed by atoms with Crippen molar-refractivity contribution >= 4 is 10.9 Å². The van der Waals surface area contributed by atoms with Crippen molar-refractivity contribution in [2.24, 2.45) is 5.73 Å². The quantitative estimate of drug-likeness (QED) is 0.828. The average Bonchev–Trinajstić information content (AvgIpc) is 2.73. The minimum Gasteiger partial charge on any atom is -0.344 e. The van der Waals surface area contributed by atoms with Crippen LogP contribution in [0, 0.1) is 0 Å². The van der Waals surface area contributed by atoms with Gasteiger partial charge in [-0.2, -0.15) is 0 Å². The molecule has 17 heavy (non-hydrogen) atoms. The number of fused-ring (bicyclic) bond motifs is 1. The lowest BCUT2D eigenvalue weighted by Crippen LogP contribution is -2.14. The predicted octanol–water partition coefficient (Wildman–Crippen LogP) is 2.23. The van der Waals surface area contributed by atoms with E-state index in [1.807, 2.05) is 0 Å². The summed E-state index contributed by atoms with van der Waals surface area (Å²) in [6.07, 6.45) is 0. The third kappa shape index (κ3) is 2.21. The van der Waals surface area contributed by atoms with Gasteiger partial charge >= 0.3 is 0 Å². The van der Waals surface area contributed by atoms with E-state index in [4.69, 9.17) is 5.73 Å². The Morgan fingerprint density at radius 3 is 2.76 bits per heavy atom. The van der Waals surface area contributed by atoms with Crippen LogP contribution in [0.25, 0.3) is 10.9 Å². The summed E-state index contributed by atoms with van der Waals surface area (Å²) in [5.41, 5.74) is 9.65. The smallest absolute Gasteiger partial charge is 0.0486 e. The minimum absolute atomic E-state index is 0.603. The van der Waals surface area contributed by atoms with E-state index >= 15 is 0 Å². The van der Waals surface area contributed by atoms with E-state index in [1.54, 1.807) is 0 Å². The number of benzene rings is 1. The van der Waals surface area contributed by atoms with E-state index in [1.165, 1.54) is 22.2 Å². The second kappa shape index (κ2) is 5.34. The Hall–Kier alpha value is -1.32. The van der Waals surface area contributed by atoms with Crippen LogP contribution in [0.4, 0.5) is 0 Å². The molecular weight excluding hydrogens is 210 g/mol. The van der Waals surface area contributed by atoms with Gasteiger partial charge in [-0.15, -0.1) is 0 Å². The van der Waals surface area contributed by atoms with E-state index in [-0.39, 0.29) is 0 Å².